The van der Waals surface area contributed by atoms with Crippen LogP contribution in [0.2, 0.25) is 0 Å². The maximum absolute atomic E-state index is 13.0. The van der Waals surface area contributed by atoms with E-state index >= 15 is 0 Å². The van der Waals surface area contributed by atoms with Crippen LogP contribution in [0.25, 0.3) is 5.70 Å². The van der Waals surface area contributed by atoms with E-state index in [9.17, 15) is 4.79 Å². The summed E-state index contributed by atoms with van der Waals surface area (Å²) in [7, 11) is 0. The second-order valence-electron chi connectivity index (χ2n) is 7.14. The van der Waals surface area contributed by atoms with Crippen molar-refractivity contribution in [2.24, 2.45) is 0 Å². The smallest absolute Gasteiger partial charge is 0.247 e. The number of morpholine rings is 1. The second-order valence-corrected chi connectivity index (χ2v) is 7.14. The number of quaternary nitrogens is 1. The van der Waals surface area contributed by atoms with E-state index in [0.29, 0.717) is 6.42 Å². The predicted molar refractivity (Wildman–Crippen MR) is 102 cm³/mol. The largest absolute Gasteiger partial charge is 0.467 e. The predicted octanol–water partition coefficient (Wildman–Crippen LogP) is 1.32. The van der Waals surface area contributed by atoms with E-state index in [1.54, 1.807) is 11.3 Å². The Bertz CT molecular complexity index is 793. The molecule has 6 nitrogen and oxygen atoms in total. The van der Waals surface area contributed by atoms with Crippen molar-refractivity contribution in [3.05, 3.63) is 65.6 Å². The van der Waals surface area contributed by atoms with Gasteiger partial charge in [-0.2, -0.15) is 0 Å². The number of rotatable bonds is 5. The first-order valence-electron chi connectivity index (χ1n) is 9.53. The van der Waals surface area contributed by atoms with E-state index in [0.717, 1.165) is 49.9 Å². The highest BCUT2D eigenvalue weighted by Gasteiger charge is 2.32. The standard InChI is InChI=1S/C21H25N3O3/c1-16-4-6-17(7-5-16)18-15-19(20-3-2-12-27-20)24(22-18)21(25)8-9-23-10-13-26-14-11-23/h2-7,12,15,19,22H,8-11,13-14H2,1H3/p+1/t19-/m0/s1. The maximum Gasteiger partial charge on any atom is 0.247 e. The van der Waals surface area contributed by atoms with Crippen LogP contribution in [0.1, 0.15) is 29.3 Å². The monoisotopic (exact) mass is 368 g/mol. The lowest BCUT2D eigenvalue weighted by Gasteiger charge is -2.27. The van der Waals surface area contributed by atoms with Gasteiger partial charge in [-0.1, -0.05) is 29.8 Å². The molecule has 1 aromatic carbocycles. The molecule has 0 radical (unpaired) electrons. The summed E-state index contributed by atoms with van der Waals surface area (Å²) in [5.74, 6) is 0.838. The Balaban J connectivity index is 1.48. The zero-order chi connectivity index (χ0) is 18.6. The Morgan fingerprint density at radius 2 is 2.00 bits per heavy atom. The Kier molecular flexibility index (Phi) is 5.27. The van der Waals surface area contributed by atoms with Crippen LogP contribution in [0.15, 0.2) is 53.2 Å². The summed E-state index contributed by atoms with van der Waals surface area (Å²) in [5.41, 5.74) is 6.51. The molecule has 2 aliphatic heterocycles. The fourth-order valence-corrected chi connectivity index (χ4v) is 3.56. The highest BCUT2D eigenvalue weighted by molar-refractivity contribution is 5.80. The van der Waals surface area contributed by atoms with Crippen LogP contribution in [-0.2, 0) is 9.53 Å². The van der Waals surface area contributed by atoms with Crippen molar-refractivity contribution >= 4 is 11.6 Å². The van der Waals surface area contributed by atoms with Crippen molar-refractivity contribution in [3.63, 3.8) is 0 Å². The average molecular weight is 368 g/mol. The molecule has 142 valence electrons. The van der Waals surface area contributed by atoms with Gasteiger partial charge in [0, 0.05) is 0 Å². The van der Waals surface area contributed by atoms with E-state index in [-0.39, 0.29) is 11.9 Å². The SMILES string of the molecule is Cc1ccc(C2=C[C@@H](c3ccco3)N(C(=O)CC[NH+]3CCOCC3)N2)cc1. The van der Waals surface area contributed by atoms with Crippen LogP contribution in [0, 0.1) is 6.92 Å². The van der Waals surface area contributed by atoms with E-state index in [2.05, 4.69) is 42.7 Å². The van der Waals surface area contributed by atoms with Crippen LogP contribution < -0.4 is 10.3 Å². The van der Waals surface area contributed by atoms with Crippen LogP contribution >= 0.6 is 0 Å². The van der Waals surface area contributed by atoms with E-state index < -0.39 is 0 Å². The van der Waals surface area contributed by atoms with Gasteiger partial charge in [0.1, 0.15) is 24.9 Å². The van der Waals surface area contributed by atoms with Crippen LogP contribution in [0.4, 0.5) is 0 Å². The summed E-state index contributed by atoms with van der Waals surface area (Å²) < 4.78 is 11.0. The summed E-state index contributed by atoms with van der Waals surface area (Å²) in [6, 6.07) is 11.8. The molecule has 27 heavy (non-hydrogen) atoms. The zero-order valence-electron chi connectivity index (χ0n) is 15.6. The molecule has 2 aliphatic rings. The molecule has 6 heteroatoms. The number of hydrogen-bond donors (Lipinski definition) is 2. The molecule has 0 saturated carbocycles. The van der Waals surface area contributed by atoms with Gasteiger partial charge in [0.05, 0.1) is 38.1 Å². The van der Waals surface area contributed by atoms with Crippen molar-refractivity contribution in [1.82, 2.24) is 10.4 Å². The quantitative estimate of drug-likeness (QED) is 0.836. The Hall–Kier alpha value is -2.57. The van der Waals surface area contributed by atoms with Gasteiger partial charge in [-0.05, 0) is 30.7 Å². The Morgan fingerprint density at radius 3 is 2.70 bits per heavy atom. The highest BCUT2D eigenvalue weighted by atomic mass is 16.5. The normalized spacial score (nSPS) is 20.4. The van der Waals surface area contributed by atoms with Gasteiger partial charge in [-0.25, -0.2) is 5.01 Å². The third-order valence-electron chi connectivity index (χ3n) is 5.20. The first-order valence-corrected chi connectivity index (χ1v) is 9.53. The van der Waals surface area contributed by atoms with Gasteiger partial charge in [-0.3, -0.25) is 10.2 Å². The first kappa shape index (κ1) is 17.8. The van der Waals surface area contributed by atoms with Crippen LogP contribution in [0.5, 0.6) is 0 Å². The summed E-state index contributed by atoms with van der Waals surface area (Å²) in [6.45, 7) is 6.38. The number of carbonyl (C=O) groups is 1. The Morgan fingerprint density at radius 1 is 1.22 bits per heavy atom. The van der Waals surface area contributed by atoms with Gasteiger partial charge in [-0.15, -0.1) is 0 Å². The first-order chi connectivity index (χ1) is 13.2. The van der Waals surface area contributed by atoms with Gasteiger partial charge < -0.3 is 14.1 Å². The fraction of sp³-hybridized carbons (Fsp3) is 0.381. The Labute approximate surface area is 159 Å². The summed E-state index contributed by atoms with van der Waals surface area (Å²) in [6.07, 6.45) is 4.20. The van der Waals surface area contributed by atoms with Crippen molar-refractivity contribution in [3.8, 4) is 0 Å². The third kappa shape index (κ3) is 4.07. The molecule has 0 aliphatic carbocycles. The molecule has 0 bridgehead atoms. The molecule has 3 heterocycles. The minimum absolute atomic E-state index is 0.0775. The number of benzene rings is 1. The van der Waals surface area contributed by atoms with Gasteiger partial charge in [0.2, 0.25) is 5.91 Å². The fourth-order valence-electron chi connectivity index (χ4n) is 3.56. The molecular formula is C21H26N3O3+. The molecule has 1 atom stereocenters. The molecule has 0 unspecified atom stereocenters. The summed E-state index contributed by atoms with van der Waals surface area (Å²) in [4.78, 5) is 14.4. The molecule has 2 aromatic rings. The molecule has 4 rings (SSSR count). The van der Waals surface area contributed by atoms with Gasteiger partial charge in [0.25, 0.3) is 0 Å². The van der Waals surface area contributed by atoms with Crippen molar-refractivity contribution < 1.29 is 18.8 Å². The number of hydrazine groups is 1. The highest BCUT2D eigenvalue weighted by Crippen LogP contribution is 2.31. The zero-order valence-corrected chi connectivity index (χ0v) is 15.6. The number of carbonyl (C=O) groups excluding carboxylic acids is 1. The lowest BCUT2D eigenvalue weighted by Crippen LogP contribution is -3.14. The molecular weight excluding hydrogens is 342 g/mol. The molecule has 2 N–H and O–H groups in total. The molecule has 1 aromatic heterocycles. The van der Waals surface area contributed by atoms with E-state index in [4.69, 9.17) is 9.15 Å². The number of ether oxygens (including phenoxy) is 1. The number of furan rings is 1. The van der Waals surface area contributed by atoms with Crippen LogP contribution in [0.3, 0.4) is 0 Å². The number of aryl methyl sites for hydroxylation is 1. The molecule has 1 fully saturated rings. The maximum atomic E-state index is 13.0. The second kappa shape index (κ2) is 7.98. The molecule has 1 amide bonds. The number of hydrogen-bond acceptors (Lipinski definition) is 4. The van der Waals surface area contributed by atoms with Crippen molar-refractivity contribution in [2.75, 3.05) is 32.8 Å². The van der Waals surface area contributed by atoms with Crippen molar-refractivity contribution in [1.29, 1.82) is 0 Å². The topological polar surface area (TPSA) is 59.2 Å². The van der Waals surface area contributed by atoms with Gasteiger partial charge >= 0.3 is 0 Å². The summed E-state index contributed by atoms with van der Waals surface area (Å²) in [5, 5.41) is 1.70. The lowest BCUT2D eigenvalue weighted by molar-refractivity contribution is -0.907. The average Bonchev–Trinajstić information content (AvgIpc) is 3.37. The van der Waals surface area contributed by atoms with E-state index in [1.165, 1.54) is 10.5 Å². The van der Waals surface area contributed by atoms with Crippen LogP contribution in [-0.4, -0.2) is 43.8 Å². The molecule has 0 spiro atoms. The van der Waals surface area contributed by atoms with Gasteiger partial charge in [0.15, 0.2) is 0 Å². The number of nitrogens with zero attached hydrogens (tertiary/aromatic N) is 1. The number of nitrogens with one attached hydrogen (secondary N) is 2. The summed E-state index contributed by atoms with van der Waals surface area (Å²) >= 11 is 0. The minimum atomic E-state index is -0.233. The van der Waals surface area contributed by atoms with Crippen molar-refractivity contribution in [2.45, 2.75) is 19.4 Å². The van der Waals surface area contributed by atoms with E-state index in [1.807, 2.05) is 12.1 Å². The molecule has 1 saturated heterocycles. The number of amides is 1. The third-order valence-corrected chi connectivity index (χ3v) is 5.20. The minimum Gasteiger partial charge on any atom is -0.467 e. The lowest BCUT2D eigenvalue weighted by atomic mass is 10.1.